The Balaban J connectivity index is 1.98. The Morgan fingerprint density at radius 1 is 1.50 bits per heavy atom. The third-order valence-electron chi connectivity index (χ3n) is 2.08. The van der Waals surface area contributed by atoms with Crippen LogP contribution < -0.4 is 5.32 Å². The second-order valence-electron chi connectivity index (χ2n) is 4.01. The number of nitrogens with one attached hydrogen (secondary N) is 1. The second-order valence-corrected chi connectivity index (χ2v) is 4.01. The quantitative estimate of drug-likeness (QED) is 0.625. The molecular weight excluding hydrogens is 206 g/mol. The zero-order chi connectivity index (χ0) is 11.8. The van der Waals surface area contributed by atoms with E-state index < -0.39 is 6.10 Å². The molecule has 1 rings (SSSR count). The molecule has 5 nitrogen and oxygen atoms in total. The van der Waals surface area contributed by atoms with Crippen LogP contribution in [0.1, 0.15) is 13.8 Å². The van der Waals surface area contributed by atoms with E-state index in [1.807, 2.05) is 30.8 Å². The van der Waals surface area contributed by atoms with E-state index in [1.165, 1.54) is 0 Å². The molecule has 0 amide bonds. The summed E-state index contributed by atoms with van der Waals surface area (Å²) < 4.78 is 7.15. The van der Waals surface area contributed by atoms with Gasteiger partial charge in [0.1, 0.15) is 0 Å². The van der Waals surface area contributed by atoms with E-state index in [1.54, 1.807) is 6.20 Å². The highest BCUT2D eigenvalue weighted by molar-refractivity contribution is 4.77. The molecule has 0 fully saturated rings. The van der Waals surface area contributed by atoms with E-state index in [-0.39, 0.29) is 6.10 Å². The van der Waals surface area contributed by atoms with Gasteiger partial charge in [0.2, 0.25) is 0 Å². The number of ether oxygens (including phenoxy) is 1. The number of aliphatic hydroxyl groups excluding tert-OH is 1. The molecule has 0 bridgehead atoms. The molecule has 1 heterocycles. The molecule has 1 unspecified atom stereocenters. The number of aromatic nitrogens is 2. The Labute approximate surface area is 96.4 Å². The van der Waals surface area contributed by atoms with Gasteiger partial charge in [0.15, 0.2) is 0 Å². The molecule has 1 atom stereocenters. The maximum atomic E-state index is 9.55. The van der Waals surface area contributed by atoms with E-state index in [9.17, 15) is 5.11 Å². The topological polar surface area (TPSA) is 59.3 Å². The highest BCUT2D eigenvalue weighted by Crippen LogP contribution is 1.90. The number of hydrogen-bond donors (Lipinski definition) is 2. The lowest BCUT2D eigenvalue weighted by molar-refractivity contribution is 0.00640. The first-order chi connectivity index (χ1) is 7.68. The minimum atomic E-state index is -0.444. The van der Waals surface area contributed by atoms with E-state index >= 15 is 0 Å². The molecule has 1 aromatic rings. The molecule has 1 aromatic heterocycles. The van der Waals surface area contributed by atoms with Gasteiger partial charge < -0.3 is 15.2 Å². The number of nitrogens with zero attached hydrogens (tertiary/aromatic N) is 2. The van der Waals surface area contributed by atoms with Crippen LogP contribution in [0.25, 0.3) is 0 Å². The van der Waals surface area contributed by atoms with Crippen LogP contribution in [0, 0.1) is 0 Å². The molecule has 16 heavy (non-hydrogen) atoms. The van der Waals surface area contributed by atoms with Crippen molar-refractivity contribution in [1.29, 1.82) is 0 Å². The van der Waals surface area contributed by atoms with Crippen LogP contribution in [0.4, 0.5) is 0 Å². The largest absolute Gasteiger partial charge is 0.389 e. The second kappa shape index (κ2) is 7.38. The van der Waals surface area contributed by atoms with Crippen LogP contribution in [0.3, 0.4) is 0 Å². The highest BCUT2D eigenvalue weighted by Gasteiger charge is 2.04. The van der Waals surface area contributed by atoms with Crippen LogP contribution in [0.2, 0.25) is 0 Å². The molecular formula is C11H21N3O2. The molecule has 0 radical (unpaired) electrons. The Morgan fingerprint density at radius 3 is 2.94 bits per heavy atom. The minimum absolute atomic E-state index is 0.165. The molecule has 0 aliphatic carbocycles. The fraction of sp³-hybridized carbons (Fsp3) is 0.727. The zero-order valence-electron chi connectivity index (χ0n) is 9.97. The van der Waals surface area contributed by atoms with Gasteiger partial charge in [-0.3, -0.25) is 4.68 Å². The van der Waals surface area contributed by atoms with Gasteiger partial charge in [-0.15, -0.1) is 0 Å². The standard InChI is InChI=1S/C11H21N3O2/c1-10(2)16-9-11(15)8-12-5-7-14-6-3-4-13-14/h3-4,6,10-12,15H,5,7-9H2,1-2H3. The normalized spacial score (nSPS) is 13.2. The Hall–Kier alpha value is -0.910. The monoisotopic (exact) mass is 227 g/mol. The van der Waals surface area contributed by atoms with Crippen LogP contribution >= 0.6 is 0 Å². The van der Waals surface area contributed by atoms with Crippen LogP contribution in [0.15, 0.2) is 18.5 Å². The summed E-state index contributed by atoms with van der Waals surface area (Å²) in [5, 5.41) is 16.8. The predicted molar refractivity (Wildman–Crippen MR) is 62.2 cm³/mol. The average Bonchev–Trinajstić information content (AvgIpc) is 2.74. The summed E-state index contributed by atoms with van der Waals surface area (Å²) in [5.41, 5.74) is 0. The fourth-order valence-electron chi connectivity index (χ4n) is 1.26. The van der Waals surface area contributed by atoms with Gasteiger partial charge in [0, 0.05) is 25.5 Å². The summed E-state index contributed by atoms with van der Waals surface area (Å²) in [6, 6.07) is 1.89. The molecule has 0 saturated heterocycles. The van der Waals surface area contributed by atoms with Gasteiger partial charge >= 0.3 is 0 Å². The van der Waals surface area contributed by atoms with Crippen molar-refractivity contribution in [1.82, 2.24) is 15.1 Å². The minimum Gasteiger partial charge on any atom is -0.389 e. The first kappa shape index (κ1) is 13.2. The van der Waals surface area contributed by atoms with Gasteiger partial charge in [0.25, 0.3) is 0 Å². The van der Waals surface area contributed by atoms with E-state index in [2.05, 4.69) is 10.4 Å². The van der Waals surface area contributed by atoms with Crippen molar-refractivity contribution in [3.05, 3.63) is 18.5 Å². The van der Waals surface area contributed by atoms with Crippen molar-refractivity contribution in [2.45, 2.75) is 32.6 Å². The molecule has 5 heteroatoms. The number of hydrogen-bond acceptors (Lipinski definition) is 4. The van der Waals surface area contributed by atoms with Crippen LogP contribution in [0.5, 0.6) is 0 Å². The third kappa shape index (κ3) is 5.85. The van der Waals surface area contributed by atoms with Gasteiger partial charge in [-0.25, -0.2) is 0 Å². The Bertz CT molecular complexity index is 262. The lowest BCUT2D eigenvalue weighted by Gasteiger charge is -2.14. The SMILES string of the molecule is CC(C)OCC(O)CNCCn1cccn1. The summed E-state index contributed by atoms with van der Waals surface area (Å²) >= 11 is 0. The predicted octanol–water partition coefficient (Wildman–Crippen LogP) is 0.259. The van der Waals surface area contributed by atoms with Crippen molar-refractivity contribution in [2.24, 2.45) is 0 Å². The van der Waals surface area contributed by atoms with Crippen LogP contribution in [-0.4, -0.2) is 46.8 Å². The van der Waals surface area contributed by atoms with Crippen molar-refractivity contribution in [3.63, 3.8) is 0 Å². The average molecular weight is 227 g/mol. The summed E-state index contributed by atoms with van der Waals surface area (Å²) in [5.74, 6) is 0. The molecule has 0 saturated carbocycles. The van der Waals surface area contributed by atoms with Crippen molar-refractivity contribution in [2.75, 3.05) is 19.7 Å². The molecule has 0 spiro atoms. The summed E-state index contributed by atoms with van der Waals surface area (Å²) in [6.07, 6.45) is 3.39. The van der Waals surface area contributed by atoms with Crippen LogP contribution in [-0.2, 0) is 11.3 Å². The van der Waals surface area contributed by atoms with Crippen molar-refractivity contribution in [3.8, 4) is 0 Å². The lowest BCUT2D eigenvalue weighted by atomic mass is 10.3. The lowest BCUT2D eigenvalue weighted by Crippen LogP contribution is -2.33. The third-order valence-corrected chi connectivity index (χ3v) is 2.08. The van der Waals surface area contributed by atoms with E-state index in [0.717, 1.165) is 13.1 Å². The van der Waals surface area contributed by atoms with Gasteiger partial charge in [-0.1, -0.05) is 0 Å². The number of rotatable bonds is 8. The molecule has 0 aromatic carbocycles. The molecule has 0 aliphatic rings. The van der Waals surface area contributed by atoms with Gasteiger partial charge in [-0.2, -0.15) is 5.10 Å². The number of aliphatic hydroxyl groups is 1. The molecule has 92 valence electrons. The van der Waals surface area contributed by atoms with Crippen molar-refractivity contribution >= 4 is 0 Å². The Kier molecular flexibility index (Phi) is 6.07. The van der Waals surface area contributed by atoms with E-state index in [0.29, 0.717) is 13.2 Å². The maximum absolute atomic E-state index is 9.55. The van der Waals surface area contributed by atoms with E-state index in [4.69, 9.17) is 4.74 Å². The molecule has 2 N–H and O–H groups in total. The summed E-state index contributed by atoms with van der Waals surface area (Å²) in [6.45, 7) is 6.45. The zero-order valence-corrected chi connectivity index (χ0v) is 9.97. The first-order valence-electron chi connectivity index (χ1n) is 5.66. The first-order valence-corrected chi connectivity index (χ1v) is 5.66. The smallest absolute Gasteiger partial charge is 0.0897 e. The summed E-state index contributed by atoms with van der Waals surface area (Å²) in [4.78, 5) is 0. The fourth-order valence-corrected chi connectivity index (χ4v) is 1.26. The van der Waals surface area contributed by atoms with Gasteiger partial charge in [0.05, 0.1) is 25.4 Å². The highest BCUT2D eigenvalue weighted by atomic mass is 16.5. The van der Waals surface area contributed by atoms with Crippen molar-refractivity contribution < 1.29 is 9.84 Å². The Morgan fingerprint density at radius 2 is 2.31 bits per heavy atom. The summed E-state index contributed by atoms with van der Waals surface area (Å²) in [7, 11) is 0. The maximum Gasteiger partial charge on any atom is 0.0897 e. The molecule has 0 aliphatic heterocycles. The van der Waals surface area contributed by atoms with Gasteiger partial charge in [-0.05, 0) is 19.9 Å².